The number of benzene rings is 1. The number of hydrogen-bond acceptors (Lipinski definition) is 5. The first-order valence-corrected chi connectivity index (χ1v) is 9.49. The third kappa shape index (κ3) is 2.70. The summed E-state index contributed by atoms with van der Waals surface area (Å²) in [5.41, 5.74) is 2.54. The van der Waals surface area contributed by atoms with E-state index in [4.69, 9.17) is 11.6 Å². The number of halogens is 1. The number of hydrogen-bond donors (Lipinski definition) is 0. The highest BCUT2D eigenvalue weighted by Crippen LogP contribution is 2.28. The molecule has 0 fully saturated rings. The van der Waals surface area contributed by atoms with Gasteiger partial charge in [-0.1, -0.05) is 41.6 Å². The Hall–Kier alpha value is -1.89. The van der Waals surface area contributed by atoms with Crippen molar-refractivity contribution < 1.29 is 0 Å². The fraction of sp³-hybridized carbons (Fsp3) is 0.118. The monoisotopic (exact) mass is 373 g/mol. The summed E-state index contributed by atoms with van der Waals surface area (Å²) >= 11 is 9.21. The van der Waals surface area contributed by atoms with Crippen molar-refractivity contribution in [2.45, 2.75) is 10.9 Å². The molecule has 0 aliphatic heterocycles. The number of thioether (sulfide) groups is 1. The molecule has 0 N–H and O–H groups in total. The number of thiophene rings is 1. The molecular formula is C17H12ClN3OS2. The van der Waals surface area contributed by atoms with Crippen LogP contribution in [0.25, 0.3) is 21.1 Å². The summed E-state index contributed by atoms with van der Waals surface area (Å²) in [5, 5.41) is 4.10. The molecule has 3 aromatic heterocycles. The maximum atomic E-state index is 12.3. The maximum Gasteiger partial charge on any atom is 0.271 e. The fourth-order valence-electron chi connectivity index (χ4n) is 2.48. The molecule has 24 heavy (non-hydrogen) atoms. The van der Waals surface area contributed by atoms with E-state index in [2.05, 4.69) is 9.97 Å². The van der Waals surface area contributed by atoms with Crippen LogP contribution in [0.5, 0.6) is 0 Å². The first kappa shape index (κ1) is 15.6. The second-order valence-corrected chi connectivity index (χ2v) is 7.53. The van der Waals surface area contributed by atoms with E-state index in [0.717, 1.165) is 22.0 Å². The number of aromatic nitrogens is 3. The van der Waals surface area contributed by atoms with Crippen LogP contribution in [0.15, 0.2) is 51.7 Å². The fourth-order valence-corrected chi connectivity index (χ4v) is 4.52. The highest BCUT2D eigenvalue weighted by atomic mass is 35.5. The predicted octanol–water partition coefficient (Wildman–Crippen LogP) is 4.49. The lowest BCUT2D eigenvalue weighted by atomic mass is 10.2. The largest absolute Gasteiger partial charge is 0.290 e. The van der Waals surface area contributed by atoms with Gasteiger partial charge in [0.25, 0.3) is 5.56 Å². The van der Waals surface area contributed by atoms with Crippen molar-refractivity contribution in [3.8, 4) is 0 Å². The number of pyridine rings is 1. The Morgan fingerprint density at radius 2 is 2.04 bits per heavy atom. The third-order valence-corrected chi connectivity index (χ3v) is 6.05. The second kappa shape index (κ2) is 6.20. The Morgan fingerprint density at radius 3 is 2.92 bits per heavy atom. The zero-order valence-corrected chi connectivity index (χ0v) is 15.1. The zero-order chi connectivity index (χ0) is 16.7. The van der Waals surface area contributed by atoms with E-state index < -0.39 is 0 Å². The van der Waals surface area contributed by atoms with Crippen LogP contribution in [0, 0.1) is 0 Å². The summed E-state index contributed by atoms with van der Waals surface area (Å²) in [6, 6.07) is 11.8. The van der Waals surface area contributed by atoms with Gasteiger partial charge < -0.3 is 0 Å². The van der Waals surface area contributed by atoms with Gasteiger partial charge in [-0.15, -0.1) is 11.3 Å². The number of rotatable bonds is 3. The molecule has 0 amide bonds. The Labute approximate surface area is 151 Å². The Bertz CT molecular complexity index is 1120. The summed E-state index contributed by atoms with van der Waals surface area (Å²) in [4.78, 5) is 21.4. The highest BCUT2D eigenvalue weighted by Gasteiger charge is 2.11. The standard InChI is InChI=1S/C17H12ClN3OS2/c1-21-16(22)14-13(6-7-23-14)20-17(21)24-9-11-8-10-4-2-3-5-12(10)19-15(11)18/h2-8H,9H2,1H3. The number of para-hydroxylation sites is 1. The van der Waals surface area contributed by atoms with Gasteiger partial charge in [-0.25, -0.2) is 9.97 Å². The molecule has 7 heteroatoms. The normalized spacial score (nSPS) is 11.4. The summed E-state index contributed by atoms with van der Waals surface area (Å²) in [5.74, 6) is 0.604. The molecule has 120 valence electrons. The van der Waals surface area contributed by atoms with E-state index in [0.29, 0.717) is 20.8 Å². The summed E-state index contributed by atoms with van der Waals surface area (Å²) < 4.78 is 2.28. The maximum absolute atomic E-state index is 12.3. The van der Waals surface area contributed by atoms with Crippen LogP contribution in [-0.2, 0) is 12.8 Å². The van der Waals surface area contributed by atoms with Gasteiger partial charge in [-0.05, 0) is 23.6 Å². The van der Waals surface area contributed by atoms with Crippen LogP contribution < -0.4 is 5.56 Å². The molecule has 4 rings (SSSR count). The lowest BCUT2D eigenvalue weighted by molar-refractivity contribution is 0.728. The van der Waals surface area contributed by atoms with E-state index >= 15 is 0 Å². The van der Waals surface area contributed by atoms with Gasteiger partial charge in [0.05, 0.1) is 11.0 Å². The molecule has 0 saturated heterocycles. The molecule has 0 aliphatic carbocycles. The third-order valence-electron chi connectivity index (χ3n) is 3.75. The van der Waals surface area contributed by atoms with E-state index in [1.807, 2.05) is 41.8 Å². The van der Waals surface area contributed by atoms with Crippen LogP contribution in [-0.4, -0.2) is 14.5 Å². The van der Waals surface area contributed by atoms with Crippen molar-refractivity contribution in [2.75, 3.05) is 0 Å². The van der Waals surface area contributed by atoms with Gasteiger partial charge in [-0.3, -0.25) is 9.36 Å². The summed E-state index contributed by atoms with van der Waals surface area (Å²) in [6.07, 6.45) is 0. The average molecular weight is 374 g/mol. The molecule has 0 radical (unpaired) electrons. The predicted molar refractivity (Wildman–Crippen MR) is 101 cm³/mol. The Balaban J connectivity index is 1.69. The average Bonchev–Trinajstić information content (AvgIpc) is 3.05. The molecule has 1 aromatic carbocycles. The van der Waals surface area contributed by atoms with Crippen molar-refractivity contribution in [2.24, 2.45) is 7.05 Å². The quantitative estimate of drug-likeness (QED) is 0.301. The van der Waals surface area contributed by atoms with E-state index in [-0.39, 0.29) is 5.56 Å². The van der Waals surface area contributed by atoms with Crippen molar-refractivity contribution in [1.29, 1.82) is 0 Å². The van der Waals surface area contributed by atoms with Gasteiger partial charge in [-0.2, -0.15) is 0 Å². The smallest absolute Gasteiger partial charge is 0.271 e. The lowest BCUT2D eigenvalue weighted by Crippen LogP contribution is -2.18. The van der Waals surface area contributed by atoms with E-state index in [1.54, 1.807) is 11.6 Å². The molecule has 0 saturated carbocycles. The number of nitrogens with zero attached hydrogens (tertiary/aromatic N) is 3. The van der Waals surface area contributed by atoms with Crippen molar-refractivity contribution in [1.82, 2.24) is 14.5 Å². The highest BCUT2D eigenvalue weighted by molar-refractivity contribution is 7.98. The minimum absolute atomic E-state index is 0.0137. The SMILES string of the molecule is Cn1c(SCc2cc3ccccc3nc2Cl)nc2ccsc2c1=O. The van der Waals surface area contributed by atoms with Crippen LogP contribution in [0.3, 0.4) is 0 Å². The number of fused-ring (bicyclic) bond motifs is 2. The molecule has 4 aromatic rings. The minimum atomic E-state index is -0.0137. The molecule has 0 aliphatic rings. The summed E-state index contributed by atoms with van der Waals surface area (Å²) in [6.45, 7) is 0. The van der Waals surface area contributed by atoms with Crippen molar-refractivity contribution in [3.05, 3.63) is 62.8 Å². The van der Waals surface area contributed by atoms with Crippen molar-refractivity contribution in [3.63, 3.8) is 0 Å². The van der Waals surface area contributed by atoms with Crippen LogP contribution in [0.4, 0.5) is 0 Å². The van der Waals surface area contributed by atoms with Gasteiger partial charge in [0.1, 0.15) is 9.85 Å². The topological polar surface area (TPSA) is 47.8 Å². The van der Waals surface area contributed by atoms with Crippen LogP contribution >= 0.6 is 34.7 Å². The van der Waals surface area contributed by atoms with E-state index in [1.165, 1.54) is 23.1 Å². The molecule has 0 unspecified atom stereocenters. The molecule has 0 bridgehead atoms. The van der Waals surface area contributed by atoms with Gasteiger partial charge >= 0.3 is 0 Å². The Morgan fingerprint density at radius 1 is 1.21 bits per heavy atom. The first-order valence-electron chi connectivity index (χ1n) is 7.24. The zero-order valence-electron chi connectivity index (χ0n) is 12.7. The van der Waals surface area contributed by atoms with Crippen LogP contribution in [0.1, 0.15) is 5.56 Å². The Kier molecular flexibility index (Phi) is 4.04. The lowest BCUT2D eigenvalue weighted by Gasteiger charge is -2.08. The molecule has 0 atom stereocenters. The van der Waals surface area contributed by atoms with Crippen molar-refractivity contribution >= 4 is 55.8 Å². The molecule has 0 spiro atoms. The van der Waals surface area contributed by atoms with Gasteiger partial charge in [0.2, 0.25) is 0 Å². The van der Waals surface area contributed by atoms with Gasteiger partial charge in [0.15, 0.2) is 5.16 Å². The molecule has 3 heterocycles. The summed E-state index contributed by atoms with van der Waals surface area (Å²) in [7, 11) is 1.75. The van der Waals surface area contributed by atoms with Gasteiger partial charge in [0, 0.05) is 23.8 Å². The van der Waals surface area contributed by atoms with E-state index in [9.17, 15) is 4.79 Å². The molecule has 4 nitrogen and oxygen atoms in total. The minimum Gasteiger partial charge on any atom is -0.290 e. The second-order valence-electron chi connectivity index (χ2n) is 5.31. The first-order chi connectivity index (χ1) is 11.6. The van der Waals surface area contributed by atoms with Crippen LogP contribution in [0.2, 0.25) is 5.15 Å². The molecular weight excluding hydrogens is 362 g/mol.